The number of aliphatic hydroxyl groups excluding tert-OH is 1. The molecule has 8 atom stereocenters. The van der Waals surface area contributed by atoms with Gasteiger partial charge in [0, 0.05) is 12.5 Å². The van der Waals surface area contributed by atoms with E-state index in [1.807, 2.05) is 0 Å². The third kappa shape index (κ3) is 3.20. The highest BCUT2D eigenvalue weighted by Gasteiger charge is 2.70. The van der Waals surface area contributed by atoms with Crippen molar-refractivity contribution in [1.29, 1.82) is 0 Å². The minimum atomic E-state index is -1.73. The Morgan fingerprint density at radius 1 is 0.906 bits per heavy atom. The van der Waals surface area contributed by atoms with Crippen molar-refractivity contribution >= 4 is 8.32 Å². The summed E-state index contributed by atoms with van der Waals surface area (Å²) < 4.78 is 19.4. The maximum atomic E-state index is 11.6. The van der Waals surface area contributed by atoms with E-state index in [0.717, 1.165) is 25.2 Å². The molecule has 1 saturated heterocycles. The van der Waals surface area contributed by atoms with Gasteiger partial charge in [0.15, 0.2) is 14.1 Å². The van der Waals surface area contributed by atoms with Crippen molar-refractivity contribution in [3.05, 3.63) is 0 Å². The molecule has 1 N–H and O–H groups in total. The molecule has 4 aliphatic carbocycles. The van der Waals surface area contributed by atoms with E-state index in [0.29, 0.717) is 42.5 Å². The lowest BCUT2D eigenvalue weighted by atomic mass is 9.44. The predicted molar refractivity (Wildman–Crippen MR) is 130 cm³/mol. The first-order valence-corrected chi connectivity index (χ1v) is 16.4. The molecular formula is C27H48O4Si. The Labute approximate surface area is 197 Å². The minimum Gasteiger partial charge on any atom is -0.414 e. The van der Waals surface area contributed by atoms with E-state index in [1.165, 1.54) is 32.1 Å². The predicted octanol–water partition coefficient (Wildman–Crippen LogP) is 6.13. The second kappa shape index (κ2) is 7.53. The van der Waals surface area contributed by atoms with Gasteiger partial charge in [0.25, 0.3) is 0 Å². The number of hydrogen-bond donors (Lipinski definition) is 1. The van der Waals surface area contributed by atoms with Crippen molar-refractivity contribution in [1.82, 2.24) is 0 Å². The molecule has 1 spiro atoms. The molecule has 184 valence electrons. The van der Waals surface area contributed by atoms with Gasteiger partial charge < -0.3 is 19.0 Å². The molecule has 5 aliphatic rings. The SMILES string of the molecule is CC(C)(C)[Si](C)(C)O[C@@H]1CC[C@]2(C)C3C[C@H](O)[C@@]4(C)C(CCC45OCCO5)C3CC[C@@H]2C1. The fourth-order valence-corrected chi connectivity index (χ4v) is 10.2. The number of hydrogen-bond acceptors (Lipinski definition) is 4. The molecular weight excluding hydrogens is 416 g/mol. The molecule has 4 nitrogen and oxygen atoms in total. The quantitative estimate of drug-likeness (QED) is 0.499. The van der Waals surface area contributed by atoms with Gasteiger partial charge in [-0.25, -0.2) is 0 Å². The summed E-state index contributed by atoms with van der Waals surface area (Å²) in [4.78, 5) is 0. The minimum absolute atomic E-state index is 0.253. The molecule has 3 unspecified atom stereocenters. The molecule has 32 heavy (non-hydrogen) atoms. The molecule has 0 aromatic rings. The monoisotopic (exact) mass is 464 g/mol. The van der Waals surface area contributed by atoms with Gasteiger partial charge in [0.05, 0.1) is 24.7 Å². The maximum absolute atomic E-state index is 11.6. The first kappa shape index (κ1) is 23.8. The van der Waals surface area contributed by atoms with Crippen molar-refractivity contribution in [2.45, 2.75) is 122 Å². The van der Waals surface area contributed by atoms with Gasteiger partial charge in [-0.05, 0) is 92.2 Å². The number of ether oxygens (including phenoxy) is 2. The average molecular weight is 465 g/mol. The van der Waals surface area contributed by atoms with Gasteiger partial charge in [0.1, 0.15) is 0 Å². The van der Waals surface area contributed by atoms with Gasteiger partial charge in [0.2, 0.25) is 0 Å². The molecule has 5 heteroatoms. The molecule has 1 heterocycles. The fourth-order valence-electron chi connectivity index (χ4n) is 8.78. The molecule has 5 rings (SSSR count). The topological polar surface area (TPSA) is 47.9 Å². The van der Waals surface area contributed by atoms with Crippen LogP contribution in [0.25, 0.3) is 0 Å². The zero-order valence-corrected chi connectivity index (χ0v) is 22.7. The van der Waals surface area contributed by atoms with Crippen molar-refractivity contribution < 1.29 is 19.0 Å². The summed E-state index contributed by atoms with van der Waals surface area (Å²) in [5.74, 6) is 2.05. The molecule has 5 fully saturated rings. The number of fused-ring (bicyclic) bond motifs is 6. The van der Waals surface area contributed by atoms with E-state index in [-0.39, 0.29) is 16.6 Å². The van der Waals surface area contributed by atoms with E-state index in [2.05, 4.69) is 47.7 Å². The van der Waals surface area contributed by atoms with E-state index in [9.17, 15) is 5.11 Å². The lowest BCUT2D eigenvalue weighted by molar-refractivity contribution is -0.279. The van der Waals surface area contributed by atoms with Gasteiger partial charge in [-0.15, -0.1) is 0 Å². The van der Waals surface area contributed by atoms with Crippen molar-refractivity contribution in [3.63, 3.8) is 0 Å². The Morgan fingerprint density at radius 3 is 2.25 bits per heavy atom. The Morgan fingerprint density at radius 2 is 1.59 bits per heavy atom. The van der Waals surface area contributed by atoms with Crippen LogP contribution in [0.3, 0.4) is 0 Å². The van der Waals surface area contributed by atoms with Crippen LogP contribution in [0.2, 0.25) is 18.1 Å². The van der Waals surface area contributed by atoms with Crippen LogP contribution in [-0.4, -0.2) is 44.6 Å². The van der Waals surface area contributed by atoms with Gasteiger partial charge in [-0.1, -0.05) is 34.6 Å². The van der Waals surface area contributed by atoms with E-state index in [1.54, 1.807) is 0 Å². The van der Waals surface area contributed by atoms with Gasteiger partial charge in [-0.3, -0.25) is 0 Å². The summed E-state index contributed by atoms with van der Waals surface area (Å²) in [5, 5.41) is 11.9. The molecule has 0 radical (unpaired) electrons. The second-order valence-electron chi connectivity index (χ2n) is 14.0. The molecule has 0 bridgehead atoms. The summed E-state index contributed by atoms with van der Waals surface area (Å²) in [5.41, 5.74) is 0.0855. The largest absolute Gasteiger partial charge is 0.414 e. The van der Waals surface area contributed by atoms with Crippen LogP contribution in [0.1, 0.15) is 86.0 Å². The first-order chi connectivity index (χ1) is 14.8. The van der Waals surface area contributed by atoms with Gasteiger partial charge >= 0.3 is 0 Å². The van der Waals surface area contributed by atoms with E-state index in [4.69, 9.17) is 13.9 Å². The first-order valence-electron chi connectivity index (χ1n) is 13.5. The Hall–Kier alpha value is 0.0569. The number of aliphatic hydroxyl groups is 1. The van der Waals surface area contributed by atoms with Crippen LogP contribution < -0.4 is 0 Å². The molecule has 4 saturated carbocycles. The molecule has 0 amide bonds. The Balaban J connectivity index is 1.35. The summed E-state index contributed by atoms with van der Waals surface area (Å²) in [6.45, 7) is 18.1. The van der Waals surface area contributed by atoms with Crippen molar-refractivity contribution in [3.8, 4) is 0 Å². The number of rotatable bonds is 2. The lowest BCUT2D eigenvalue weighted by Gasteiger charge is -2.63. The van der Waals surface area contributed by atoms with Crippen LogP contribution in [-0.2, 0) is 13.9 Å². The zero-order chi connectivity index (χ0) is 23.2. The van der Waals surface area contributed by atoms with Gasteiger partial charge in [-0.2, -0.15) is 0 Å². The third-order valence-electron chi connectivity index (χ3n) is 11.8. The Kier molecular flexibility index (Phi) is 5.59. The van der Waals surface area contributed by atoms with Crippen LogP contribution in [0, 0.1) is 34.5 Å². The van der Waals surface area contributed by atoms with Crippen LogP contribution in [0.4, 0.5) is 0 Å². The molecule has 1 aliphatic heterocycles. The summed E-state index contributed by atoms with van der Waals surface area (Å²) in [6.07, 6.45) is 9.43. The normalized spacial score (nSPS) is 48.4. The average Bonchev–Trinajstić information content (AvgIpc) is 3.29. The maximum Gasteiger partial charge on any atom is 0.192 e. The standard InChI is InChI=1S/C27H48O4Si/c1-24(2,3)32(6,7)31-19-10-12-25(4)18(16-19)8-9-20-21-11-13-27(29-14-15-30-27)26(21,5)23(28)17-22(20)25/h18-23,28H,8-17H2,1-7H3/t18-,19-,20?,21?,22?,23+,25+,26-/m1/s1. The second-order valence-corrected chi connectivity index (χ2v) is 18.7. The summed E-state index contributed by atoms with van der Waals surface area (Å²) in [6, 6.07) is 0. The van der Waals surface area contributed by atoms with Crippen LogP contribution >= 0.6 is 0 Å². The molecule has 0 aromatic heterocycles. The highest BCUT2D eigenvalue weighted by Crippen LogP contribution is 2.69. The van der Waals surface area contributed by atoms with Crippen LogP contribution in [0.15, 0.2) is 0 Å². The van der Waals surface area contributed by atoms with Crippen molar-refractivity contribution in [2.24, 2.45) is 34.5 Å². The van der Waals surface area contributed by atoms with Crippen molar-refractivity contribution in [2.75, 3.05) is 13.2 Å². The van der Waals surface area contributed by atoms with E-state index >= 15 is 0 Å². The smallest absolute Gasteiger partial charge is 0.192 e. The highest BCUT2D eigenvalue weighted by atomic mass is 28.4. The fraction of sp³-hybridized carbons (Fsp3) is 1.00. The van der Waals surface area contributed by atoms with Crippen LogP contribution in [0.5, 0.6) is 0 Å². The lowest BCUT2D eigenvalue weighted by Crippen LogP contribution is -2.62. The molecule has 0 aromatic carbocycles. The Bertz CT molecular complexity index is 726. The summed E-state index contributed by atoms with van der Waals surface area (Å²) in [7, 11) is -1.73. The highest BCUT2D eigenvalue weighted by molar-refractivity contribution is 6.74. The third-order valence-corrected chi connectivity index (χ3v) is 16.3. The van der Waals surface area contributed by atoms with E-state index < -0.39 is 14.1 Å². The zero-order valence-electron chi connectivity index (χ0n) is 21.7. The summed E-state index contributed by atoms with van der Waals surface area (Å²) >= 11 is 0.